The molecule has 0 bridgehead atoms. The van der Waals surface area contributed by atoms with E-state index in [0.717, 1.165) is 48.9 Å². The van der Waals surface area contributed by atoms with Gasteiger partial charge in [0.25, 0.3) is 0 Å². The molecule has 1 saturated heterocycles. The predicted molar refractivity (Wildman–Crippen MR) is 99.6 cm³/mol. The molecule has 0 saturated carbocycles. The third kappa shape index (κ3) is 3.35. The largest absolute Gasteiger partial charge is 0.354 e. The summed E-state index contributed by atoms with van der Waals surface area (Å²) in [7, 11) is 2.08. The number of rotatable bonds is 4. The maximum absolute atomic E-state index is 4.75. The van der Waals surface area contributed by atoms with Crippen LogP contribution >= 0.6 is 0 Å². The summed E-state index contributed by atoms with van der Waals surface area (Å²) in [6.07, 6.45) is 2.34. The Morgan fingerprint density at radius 2 is 2.04 bits per heavy atom. The molecule has 6 heteroatoms. The zero-order valence-corrected chi connectivity index (χ0v) is 14.8. The maximum Gasteiger partial charge on any atom is 0.151 e. The second kappa shape index (κ2) is 6.80. The number of para-hydroxylation sites is 2. The lowest BCUT2D eigenvalue weighted by Crippen LogP contribution is -2.46. The number of aromatic nitrogens is 4. The maximum atomic E-state index is 4.75. The van der Waals surface area contributed by atoms with Crippen molar-refractivity contribution in [1.82, 2.24) is 25.1 Å². The van der Waals surface area contributed by atoms with E-state index in [2.05, 4.69) is 56.3 Å². The molecule has 1 unspecified atom stereocenters. The molecular weight excluding hydrogens is 312 g/mol. The number of aryl methyl sites for hydroxylation is 2. The molecule has 0 amide bonds. The van der Waals surface area contributed by atoms with Gasteiger partial charge in [0, 0.05) is 26.2 Å². The van der Waals surface area contributed by atoms with Crippen LogP contribution in [0.3, 0.4) is 0 Å². The van der Waals surface area contributed by atoms with Crippen LogP contribution < -0.4 is 10.2 Å². The van der Waals surface area contributed by atoms with Crippen LogP contribution in [0.15, 0.2) is 36.4 Å². The van der Waals surface area contributed by atoms with Crippen molar-refractivity contribution in [2.45, 2.75) is 32.4 Å². The fraction of sp³-hybridized carbons (Fsp3) is 0.421. The van der Waals surface area contributed by atoms with Crippen molar-refractivity contribution in [3.8, 4) is 0 Å². The van der Waals surface area contributed by atoms with Gasteiger partial charge in [0.1, 0.15) is 5.82 Å². The summed E-state index contributed by atoms with van der Waals surface area (Å²) >= 11 is 0. The average molecular weight is 336 g/mol. The molecule has 2 aromatic heterocycles. The Kier molecular flexibility index (Phi) is 4.36. The smallest absolute Gasteiger partial charge is 0.151 e. The summed E-state index contributed by atoms with van der Waals surface area (Å²) in [5.41, 5.74) is 3.19. The van der Waals surface area contributed by atoms with Gasteiger partial charge in [-0.15, -0.1) is 5.10 Å². The Morgan fingerprint density at radius 3 is 2.84 bits per heavy atom. The van der Waals surface area contributed by atoms with Crippen LogP contribution in [0.1, 0.15) is 24.4 Å². The monoisotopic (exact) mass is 336 g/mol. The molecule has 1 atom stereocenters. The molecule has 130 valence electrons. The first-order chi connectivity index (χ1) is 12.2. The quantitative estimate of drug-likeness (QED) is 0.793. The molecule has 1 N–H and O–H groups in total. The normalized spacial score (nSPS) is 18.0. The molecular formula is C19H24N6. The number of benzene rings is 1. The fourth-order valence-electron chi connectivity index (χ4n) is 3.50. The van der Waals surface area contributed by atoms with Gasteiger partial charge < -0.3 is 14.8 Å². The SMILES string of the molecule is Cc1ccc(N2CCCC(NCc3nc4ccccc4n3C)C2)nn1. The topological polar surface area (TPSA) is 58.9 Å². The lowest BCUT2D eigenvalue weighted by Gasteiger charge is -2.33. The summed E-state index contributed by atoms with van der Waals surface area (Å²) in [4.78, 5) is 7.07. The summed E-state index contributed by atoms with van der Waals surface area (Å²) in [6, 6.07) is 12.8. The number of anilines is 1. The van der Waals surface area contributed by atoms with Crippen molar-refractivity contribution in [2.24, 2.45) is 7.05 Å². The van der Waals surface area contributed by atoms with Crippen LogP contribution in [0.25, 0.3) is 11.0 Å². The molecule has 1 aliphatic rings. The molecule has 0 spiro atoms. The molecule has 3 heterocycles. The second-order valence-corrected chi connectivity index (χ2v) is 6.77. The van der Waals surface area contributed by atoms with Crippen LogP contribution in [0, 0.1) is 6.92 Å². The van der Waals surface area contributed by atoms with E-state index in [-0.39, 0.29) is 0 Å². The summed E-state index contributed by atoms with van der Waals surface area (Å²) in [5.74, 6) is 2.05. The highest BCUT2D eigenvalue weighted by Gasteiger charge is 2.21. The van der Waals surface area contributed by atoms with Gasteiger partial charge in [-0.25, -0.2) is 4.98 Å². The van der Waals surface area contributed by atoms with Crippen LogP contribution in [0.5, 0.6) is 0 Å². The summed E-state index contributed by atoms with van der Waals surface area (Å²) in [5, 5.41) is 12.2. The van der Waals surface area contributed by atoms with Gasteiger partial charge in [0.15, 0.2) is 5.82 Å². The van der Waals surface area contributed by atoms with E-state index >= 15 is 0 Å². The summed E-state index contributed by atoms with van der Waals surface area (Å²) in [6.45, 7) is 4.75. The third-order valence-electron chi connectivity index (χ3n) is 4.96. The molecule has 3 aromatic rings. The van der Waals surface area contributed by atoms with E-state index in [9.17, 15) is 0 Å². The third-order valence-corrected chi connectivity index (χ3v) is 4.96. The molecule has 0 radical (unpaired) electrons. The number of piperidine rings is 1. The first kappa shape index (κ1) is 16.0. The zero-order chi connectivity index (χ0) is 17.2. The number of nitrogens with one attached hydrogen (secondary N) is 1. The van der Waals surface area contributed by atoms with Gasteiger partial charge in [-0.1, -0.05) is 12.1 Å². The second-order valence-electron chi connectivity index (χ2n) is 6.77. The highest BCUT2D eigenvalue weighted by Crippen LogP contribution is 2.18. The van der Waals surface area contributed by atoms with Gasteiger partial charge in [-0.2, -0.15) is 5.10 Å². The van der Waals surface area contributed by atoms with Gasteiger partial charge >= 0.3 is 0 Å². The average Bonchev–Trinajstić information content (AvgIpc) is 2.97. The van der Waals surface area contributed by atoms with Crippen molar-refractivity contribution in [3.05, 3.63) is 47.9 Å². The number of imidazole rings is 1. The standard InChI is InChI=1S/C19H24N6/c1-14-9-10-18(23-22-14)25-11-5-6-15(13-25)20-12-19-21-16-7-3-4-8-17(16)24(19)2/h3-4,7-10,15,20H,5-6,11-13H2,1-2H3. The van der Waals surface area contributed by atoms with Crippen molar-refractivity contribution < 1.29 is 0 Å². The minimum absolute atomic E-state index is 0.441. The molecule has 6 nitrogen and oxygen atoms in total. The van der Waals surface area contributed by atoms with Crippen molar-refractivity contribution in [2.75, 3.05) is 18.0 Å². The Labute approximate surface area is 147 Å². The van der Waals surface area contributed by atoms with Crippen LogP contribution in [0.4, 0.5) is 5.82 Å². The Bertz CT molecular complexity index is 854. The molecule has 4 rings (SSSR count). The number of hydrogen-bond donors (Lipinski definition) is 1. The molecule has 1 aromatic carbocycles. The van der Waals surface area contributed by atoms with Crippen LogP contribution in [-0.2, 0) is 13.6 Å². The van der Waals surface area contributed by atoms with E-state index in [0.29, 0.717) is 6.04 Å². The number of nitrogens with zero attached hydrogens (tertiary/aromatic N) is 5. The zero-order valence-electron chi connectivity index (χ0n) is 14.8. The molecule has 0 aliphatic carbocycles. The molecule has 25 heavy (non-hydrogen) atoms. The van der Waals surface area contributed by atoms with E-state index in [1.807, 2.05) is 19.1 Å². The van der Waals surface area contributed by atoms with E-state index in [4.69, 9.17) is 4.98 Å². The highest BCUT2D eigenvalue weighted by atomic mass is 15.3. The lowest BCUT2D eigenvalue weighted by molar-refractivity contribution is 0.413. The van der Waals surface area contributed by atoms with Gasteiger partial charge in [0.2, 0.25) is 0 Å². The number of fused-ring (bicyclic) bond motifs is 1. The van der Waals surface area contributed by atoms with E-state index in [1.165, 1.54) is 11.9 Å². The van der Waals surface area contributed by atoms with E-state index in [1.54, 1.807) is 0 Å². The summed E-state index contributed by atoms with van der Waals surface area (Å²) < 4.78 is 2.17. The Morgan fingerprint density at radius 1 is 1.16 bits per heavy atom. The fourth-order valence-corrected chi connectivity index (χ4v) is 3.50. The van der Waals surface area contributed by atoms with Crippen LogP contribution in [-0.4, -0.2) is 38.9 Å². The predicted octanol–water partition coefficient (Wildman–Crippen LogP) is 2.43. The highest BCUT2D eigenvalue weighted by molar-refractivity contribution is 5.75. The molecule has 1 fully saturated rings. The van der Waals surface area contributed by atoms with Gasteiger partial charge in [-0.3, -0.25) is 0 Å². The van der Waals surface area contributed by atoms with Crippen molar-refractivity contribution >= 4 is 16.9 Å². The van der Waals surface area contributed by atoms with Crippen molar-refractivity contribution in [1.29, 1.82) is 0 Å². The van der Waals surface area contributed by atoms with Crippen LogP contribution in [0.2, 0.25) is 0 Å². The lowest BCUT2D eigenvalue weighted by atomic mass is 10.1. The van der Waals surface area contributed by atoms with Gasteiger partial charge in [-0.05, 0) is 44.0 Å². The number of hydrogen-bond acceptors (Lipinski definition) is 5. The minimum Gasteiger partial charge on any atom is -0.354 e. The minimum atomic E-state index is 0.441. The first-order valence-corrected chi connectivity index (χ1v) is 8.90. The Balaban J connectivity index is 1.42. The van der Waals surface area contributed by atoms with Crippen molar-refractivity contribution in [3.63, 3.8) is 0 Å². The Hall–Kier alpha value is -2.47. The molecule has 1 aliphatic heterocycles. The van der Waals surface area contributed by atoms with E-state index < -0.39 is 0 Å². The first-order valence-electron chi connectivity index (χ1n) is 8.90. The van der Waals surface area contributed by atoms with Gasteiger partial charge in [0.05, 0.1) is 23.3 Å².